The van der Waals surface area contributed by atoms with Gasteiger partial charge in [0.2, 0.25) is 0 Å². The van der Waals surface area contributed by atoms with Crippen molar-refractivity contribution in [2.24, 2.45) is 0 Å². The summed E-state index contributed by atoms with van der Waals surface area (Å²) in [6.45, 7) is 12.3. The monoisotopic (exact) mass is 293 g/mol. The molecule has 21 heavy (non-hydrogen) atoms. The Morgan fingerprint density at radius 3 is 2.62 bits per heavy atom. The van der Waals surface area contributed by atoms with Gasteiger partial charge in [-0.05, 0) is 56.3 Å². The molecular weight excluding hydrogens is 262 g/mol. The summed E-state index contributed by atoms with van der Waals surface area (Å²) < 4.78 is 5.94. The molecule has 1 aromatic rings. The zero-order valence-electron chi connectivity index (χ0n) is 14.2. The number of likely N-dealkylation sites (N-methyl/N-ethyl adjacent to an activating group) is 1. The van der Waals surface area contributed by atoms with E-state index in [0.29, 0.717) is 12.5 Å². The predicted molar refractivity (Wildman–Crippen MR) is 89.2 cm³/mol. The van der Waals surface area contributed by atoms with E-state index < -0.39 is 0 Å². The van der Waals surface area contributed by atoms with Crippen molar-refractivity contribution >= 4 is 0 Å². The lowest BCUT2D eigenvalue weighted by molar-refractivity contribution is 0.158. The number of hydrogen-bond donors (Lipinski definition) is 2. The average Bonchev–Trinajstić information content (AvgIpc) is 2.45. The van der Waals surface area contributed by atoms with E-state index in [-0.39, 0.29) is 12.1 Å². The van der Waals surface area contributed by atoms with E-state index in [4.69, 9.17) is 4.74 Å². The predicted octanol–water partition coefficient (Wildman–Crippen LogP) is 3.64. The van der Waals surface area contributed by atoms with E-state index in [9.17, 15) is 5.11 Å². The molecule has 1 unspecified atom stereocenters. The van der Waals surface area contributed by atoms with Crippen LogP contribution in [0.25, 0.3) is 0 Å². The van der Waals surface area contributed by atoms with Gasteiger partial charge in [0.25, 0.3) is 0 Å². The molecule has 0 aliphatic rings. The first-order valence-corrected chi connectivity index (χ1v) is 8.01. The lowest BCUT2D eigenvalue weighted by Crippen LogP contribution is -2.45. The molecule has 3 nitrogen and oxygen atoms in total. The smallest absolute Gasteiger partial charge is 0.122 e. The number of hydrogen-bond acceptors (Lipinski definition) is 3. The number of rotatable bonds is 9. The van der Waals surface area contributed by atoms with Gasteiger partial charge in [0, 0.05) is 5.54 Å². The number of benzene rings is 1. The first kappa shape index (κ1) is 18.0. The van der Waals surface area contributed by atoms with Crippen molar-refractivity contribution in [3.05, 3.63) is 29.3 Å². The fraction of sp³-hybridized carbons (Fsp3) is 0.667. The molecule has 0 amide bonds. The van der Waals surface area contributed by atoms with Crippen molar-refractivity contribution in [1.82, 2.24) is 5.32 Å². The molecule has 0 aliphatic heterocycles. The van der Waals surface area contributed by atoms with Crippen molar-refractivity contribution in [2.45, 2.75) is 58.9 Å². The van der Waals surface area contributed by atoms with Crippen LogP contribution in [0.5, 0.6) is 5.75 Å². The van der Waals surface area contributed by atoms with Crippen LogP contribution in [-0.4, -0.2) is 30.4 Å². The van der Waals surface area contributed by atoms with Crippen molar-refractivity contribution in [2.75, 3.05) is 19.8 Å². The fourth-order valence-electron chi connectivity index (χ4n) is 2.43. The highest BCUT2D eigenvalue weighted by Crippen LogP contribution is 2.24. The summed E-state index contributed by atoms with van der Waals surface area (Å²) in [5.41, 5.74) is 2.28. The molecule has 120 valence electrons. The maximum Gasteiger partial charge on any atom is 0.122 e. The molecule has 0 bridgehead atoms. The zero-order valence-corrected chi connectivity index (χ0v) is 14.2. The second kappa shape index (κ2) is 8.40. The number of aliphatic hydroxyl groups is 1. The first-order valence-electron chi connectivity index (χ1n) is 8.01. The summed E-state index contributed by atoms with van der Waals surface area (Å²) in [4.78, 5) is 0. The highest BCUT2D eigenvalue weighted by molar-refractivity contribution is 5.37. The standard InChI is InChI=1S/C18H31NO2/c1-6-19-18(5,13-20)10-7-11-21-17-12-16(14(2)3)9-8-15(17)4/h8-9,12,14,19-20H,6-7,10-11,13H2,1-5H3. The Balaban J connectivity index is 2.50. The second-order valence-electron chi connectivity index (χ2n) is 6.38. The van der Waals surface area contributed by atoms with Gasteiger partial charge in [0.05, 0.1) is 13.2 Å². The molecule has 0 aromatic heterocycles. The van der Waals surface area contributed by atoms with Gasteiger partial charge >= 0.3 is 0 Å². The quantitative estimate of drug-likeness (QED) is 0.683. The Hall–Kier alpha value is -1.06. The molecule has 1 atom stereocenters. The Labute approximate surface area is 129 Å². The van der Waals surface area contributed by atoms with Crippen LogP contribution >= 0.6 is 0 Å². The maximum atomic E-state index is 9.47. The normalized spacial score (nSPS) is 14.2. The van der Waals surface area contributed by atoms with E-state index in [1.807, 2.05) is 0 Å². The van der Waals surface area contributed by atoms with Crippen LogP contribution in [0.15, 0.2) is 18.2 Å². The summed E-state index contributed by atoms with van der Waals surface area (Å²) >= 11 is 0. The van der Waals surface area contributed by atoms with Gasteiger partial charge < -0.3 is 15.2 Å². The number of nitrogens with one attached hydrogen (secondary N) is 1. The van der Waals surface area contributed by atoms with Crippen molar-refractivity contribution in [3.8, 4) is 5.75 Å². The van der Waals surface area contributed by atoms with Gasteiger partial charge in [0.15, 0.2) is 0 Å². The first-order chi connectivity index (χ1) is 9.91. The third-order valence-corrected chi connectivity index (χ3v) is 3.96. The number of aryl methyl sites for hydroxylation is 1. The molecule has 0 spiro atoms. The van der Waals surface area contributed by atoms with E-state index in [1.165, 1.54) is 11.1 Å². The highest BCUT2D eigenvalue weighted by Gasteiger charge is 2.21. The topological polar surface area (TPSA) is 41.5 Å². The van der Waals surface area contributed by atoms with Crippen LogP contribution in [0, 0.1) is 6.92 Å². The summed E-state index contributed by atoms with van der Waals surface area (Å²) in [5.74, 6) is 1.50. The number of ether oxygens (including phenoxy) is 1. The molecule has 0 aliphatic carbocycles. The van der Waals surface area contributed by atoms with Gasteiger partial charge in [-0.25, -0.2) is 0 Å². The van der Waals surface area contributed by atoms with E-state index in [0.717, 1.165) is 25.1 Å². The van der Waals surface area contributed by atoms with Gasteiger partial charge in [0.1, 0.15) is 5.75 Å². The van der Waals surface area contributed by atoms with Crippen LogP contribution in [0.1, 0.15) is 57.6 Å². The van der Waals surface area contributed by atoms with E-state index in [1.54, 1.807) is 0 Å². The second-order valence-corrected chi connectivity index (χ2v) is 6.38. The van der Waals surface area contributed by atoms with Crippen LogP contribution in [0.4, 0.5) is 0 Å². The molecule has 2 N–H and O–H groups in total. The van der Waals surface area contributed by atoms with E-state index >= 15 is 0 Å². The van der Waals surface area contributed by atoms with Gasteiger partial charge in [-0.15, -0.1) is 0 Å². The fourth-order valence-corrected chi connectivity index (χ4v) is 2.43. The molecule has 1 aromatic carbocycles. The maximum absolute atomic E-state index is 9.47. The average molecular weight is 293 g/mol. The van der Waals surface area contributed by atoms with Gasteiger partial charge in [-0.2, -0.15) is 0 Å². The highest BCUT2D eigenvalue weighted by atomic mass is 16.5. The third-order valence-electron chi connectivity index (χ3n) is 3.96. The zero-order chi connectivity index (χ0) is 15.9. The van der Waals surface area contributed by atoms with Crippen LogP contribution < -0.4 is 10.1 Å². The van der Waals surface area contributed by atoms with Crippen molar-refractivity contribution in [3.63, 3.8) is 0 Å². The minimum Gasteiger partial charge on any atom is -0.493 e. The van der Waals surface area contributed by atoms with Crippen LogP contribution in [-0.2, 0) is 0 Å². The minimum atomic E-state index is -0.201. The molecule has 0 saturated heterocycles. The SMILES string of the molecule is CCNC(C)(CO)CCCOc1cc(C(C)C)ccc1C. The molecule has 0 saturated carbocycles. The molecule has 1 rings (SSSR count). The van der Waals surface area contributed by atoms with E-state index in [2.05, 4.69) is 58.1 Å². The van der Waals surface area contributed by atoms with Crippen LogP contribution in [0.3, 0.4) is 0 Å². The molecule has 3 heteroatoms. The number of aliphatic hydroxyl groups excluding tert-OH is 1. The lowest BCUT2D eigenvalue weighted by Gasteiger charge is -2.28. The largest absolute Gasteiger partial charge is 0.493 e. The Kier molecular flexibility index (Phi) is 7.20. The summed E-state index contributed by atoms with van der Waals surface area (Å²) in [6.07, 6.45) is 1.83. The summed E-state index contributed by atoms with van der Waals surface area (Å²) in [7, 11) is 0. The van der Waals surface area contributed by atoms with Gasteiger partial charge in [-0.1, -0.05) is 32.9 Å². The van der Waals surface area contributed by atoms with Crippen molar-refractivity contribution < 1.29 is 9.84 Å². The Morgan fingerprint density at radius 1 is 1.33 bits per heavy atom. The molecule has 0 radical (unpaired) electrons. The molecule has 0 heterocycles. The summed E-state index contributed by atoms with van der Waals surface area (Å²) in [6, 6.07) is 6.44. The lowest BCUT2D eigenvalue weighted by atomic mass is 9.97. The van der Waals surface area contributed by atoms with Gasteiger partial charge in [-0.3, -0.25) is 0 Å². The third kappa shape index (κ3) is 5.68. The minimum absolute atomic E-state index is 0.155. The summed E-state index contributed by atoms with van der Waals surface area (Å²) in [5, 5.41) is 12.8. The Bertz CT molecular complexity index is 431. The van der Waals surface area contributed by atoms with Crippen molar-refractivity contribution in [1.29, 1.82) is 0 Å². The molecule has 0 fully saturated rings. The van der Waals surface area contributed by atoms with Crippen LogP contribution in [0.2, 0.25) is 0 Å². The Morgan fingerprint density at radius 2 is 2.05 bits per heavy atom. The molecular formula is C18H31NO2.